The van der Waals surface area contributed by atoms with Crippen molar-refractivity contribution in [2.24, 2.45) is 5.92 Å². The standard InChI is InChI=1S/C15H21ClN4O/c1-11(2)9-20(7-3-6-17)10-15(21)19-14-5-4-12(18)8-13(14)16/h4-5,8,11H,3,7,9-10,18H2,1-2H3,(H,19,21). The van der Waals surface area contributed by atoms with Gasteiger partial charge in [0, 0.05) is 25.2 Å². The number of nitrogen functional groups attached to an aromatic ring is 1. The molecule has 21 heavy (non-hydrogen) atoms. The van der Waals surface area contributed by atoms with Gasteiger partial charge in [0.15, 0.2) is 0 Å². The smallest absolute Gasteiger partial charge is 0.238 e. The number of halogens is 1. The van der Waals surface area contributed by atoms with Crippen LogP contribution in [-0.4, -0.2) is 30.4 Å². The molecule has 0 radical (unpaired) electrons. The molecular weight excluding hydrogens is 288 g/mol. The van der Waals surface area contributed by atoms with Crippen molar-refractivity contribution in [3.05, 3.63) is 23.2 Å². The van der Waals surface area contributed by atoms with Crippen molar-refractivity contribution in [2.45, 2.75) is 20.3 Å². The topological polar surface area (TPSA) is 82.2 Å². The van der Waals surface area contributed by atoms with Gasteiger partial charge >= 0.3 is 0 Å². The number of hydrogen-bond donors (Lipinski definition) is 2. The van der Waals surface area contributed by atoms with Gasteiger partial charge in [0.2, 0.25) is 5.91 Å². The fourth-order valence-electron chi connectivity index (χ4n) is 1.98. The SMILES string of the molecule is CC(C)CN(CCC#N)CC(=O)Nc1ccc(N)cc1Cl. The first-order valence-corrected chi connectivity index (χ1v) is 7.24. The molecule has 0 aliphatic carbocycles. The summed E-state index contributed by atoms with van der Waals surface area (Å²) in [6, 6.07) is 7.06. The highest BCUT2D eigenvalue weighted by Gasteiger charge is 2.13. The maximum Gasteiger partial charge on any atom is 0.238 e. The third-order valence-corrected chi connectivity index (χ3v) is 3.11. The number of amides is 1. The lowest BCUT2D eigenvalue weighted by atomic mass is 10.2. The minimum Gasteiger partial charge on any atom is -0.399 e. The Labute approximate surface area is 130 Å². The molecule has 3 N–H and O–H groups in total. The summed E-state index contributed by atoms with van der Waals surface area (Å²) in [6.07, 6.45) is 0.405. The summed E-state index contributed by atoms with van der Waals surface area (Å²) < 4.78 is 0. The number of rotatable bonds is 7. The molecule has 0 aromatic heterocycles. The second kappa shape index (κ2) is 8.50. The van der Waals surface area contributed by atoms with Crippen LogP contribution >= 0.6 is 11.6 Å². The molecule has 1 amide bonds. The molecule has 0 spiro atoms. The average Bonchev–Trinajstić information content (AvgIpc) is 2.38. The predicted molar refractivity (Wildman–Crippen MR) is 86.0 cm³/mol. The first kappa shape index (κ1) is 17.3. The number of nitriles is 1. The van der Waals surface area contributed by atoms with Crippen molar-refractivity contribution < 1.29 is 4.79 Å². The fourth-order valence-corrected chi connectivity index (χ4v) is 2.22. The zero-order valence-electron chi connectivity index (χ0n) is 12.4. The molecular formula is C15H21ClN4O. The molecule has 0 aliphatic heterocycles. The van der Waals surface area contributed by atoms with Gasteiger partial charge in [0.05, 0.1) is 23.3 Å². The highest BCUT2D eigenvalue weighted by atomic mass is 35.5. The average molecular weight is 309 g/mol. The van der Waals surface area contributed by atoms with Crippen LogP contribution in [0.4, 0.5) is 11.4 Å². The Balaban J connectivity index is 2.62. The minimum absolute atomic E-state index is 0.153. The van der Waals surface area contributed by atoms with Crippen molar-refractivity contribution in [1.29, 1.82) is 5.26 Å². The summed E-state index contributed by atoms with van der Waals surface area (Å²) in [7, 11) is 0. The molecule has 0 atom stereocenters. The van der Waals surface area contributed by atoms with E-state index in [-0.39, 0.29) is 12.5 Å². The highest BCUT2D eigenvalue weighted by molar-refractivity contribution is 6.34. The first-order valence-electron chi connectivity index (χ1n) is 6.86. The molecule has 0 aliphatic rings. The van der Waals surface area contributed by atoms with E-state index in [1.165, 1.54) is 0 Å². The predicted octanol–water partition coefficient (Wildman–Crippen LogP) is 2.73. The molecule has 114 valence electrons. The Hall–Kier alpha value is -1.77. The number of nitrogens with one attached hydrogen (secondary N) is 1. The molecule has 0 saturated heterocycles. The molecule has 0 saturated carbocycles. The van der Waals surface area contributed by atoms with Gasteiger partial charge in [0.25, 0.3) is 0 Å². The lowest BCUT2D eigenvalue weighted by Gasteiger charge is -2.22. The van der Waals surface area contributed by atoms with Crippen molar-refractivity contribution in [3.8, 4) is 6.07 Å². The van der Waals surface area contributed by atoms with Crippen molar-refractivity contribution in [1.82, 2.24) is 4.90 Å². The third kappa shape index (κ3) is 6.48. The largest absolute Gasteiger partial charge is 0.399 e. The van der Waals surface area contributed by atoms with Gasteiger partial charge in [-0.15, -0.1) is 0 Å². The monoisotopic (exact) mass is 308 g/mol. The van der Waals surface area contributed by atoms with E-state index in [1.54, 1.807) is 18.2 Å². The molecule has 0 heterocycles. The fraction of sp³-hybridized carbons (Fsp3) is 0.467. The third-order valence-electron chi connectivity index (χ3n) is 2.80. The second-order valence-corrected chi connectivity index (χ2v) is 5.73. The number of anilines is 2. The Morgan fingerprint density at radius 3 is 2.81 bits per heavy atom. The van der Waals surface area contributed by atoms with Crippen molar-refractivity contribution >= 4 is 28.9 Å². The molecule has 5 nitrogen and oxygen atoms in total. The summed E-state index contributed by atoms with van der Waals surface area (Å²) in [6.45, 7) is 5.74. The van der Waals surface area contributed by atoms with Crippen LogP contribution < -0.4 is 11.1 Å². The van der Waals surface area contributed by atoms with Gasteiger partial charge in [-0.1, -0.05) is 25.4 Å². The zero-order chi connectivity index (χ0) is 15.8. The van der Waals surface area contributed by atoms with Crippen molar-refractivity contribution in [2.75, 3.05) is 30.7 Å². The number of carbonyl (C=O) groups excluding carboxylic acids is 1. The van der Waals surface area contributed by atoms with Crippen molar-refractivity contribution in [3.63, 3.8) is 0 Å². The van der Waals surface area contributed by atoms with Crippen LogP contribution in [0, 0.1) is 17.2 Å². The Bertz CT molecular complexity index is 525. The number of benzene rings is 1. The van der Waals surface area contributed by atoms with Crippen LogP contribution in [-0.2, 0) is 4.79 Å². The molecule has 0 fully saturated rings. The Morgan fingerprint density at radius 2 is 2.24 bits per heavy atom. The van der Waals surface area contributed by atoms with Gasteiger partial charge in [-0.2, -0.15) is 5.26 Å². The Morgan fingerprint density at radius 1 is 1.52 bits per heavy atom. The molecule has 1 rings (SSSR count). The number of nitrogens with two attached hydrogens (primary N) is 1. The van der Waals surface area contributed by atoms with Crippen LogP contribution in [0.3, 0.4) is 0 Å². The molecule has 0 bridgehead atoms. The summed E-state index contributed by atoms with van der Waals surface area (Å²) in [5, 5.41) is 11.9. The lowest BCUT2D eigenvalue weighted by molar-refractivity contribution is -0.117. The molecule has 0 unspecified atom stereocenters. The quantitative estimate of drug-likeness (QED) is 0.759. The lowest BCUT2D eigenvalue weighted by Crippen LogP contribution is -2.36. The second-order valence-electron chi connectivity index (χ2n) is 5.32. The van der Waals surface area contributed by atoms with E-state index in [4.69, 9.17) is 22.6 Å². The number of carbonyl (C=O) groups is 1. The van der Waals surface area contributed by atoms with E-state index < -0.39 is 0 Å². The van der Waals surface area contributed by atoms with Crippen LogP contribution in [0.25, 0.3) is 0 Å². The van der Waals surface area contributed by atoms with Gasteiger partial charge < -0.3 is 11.1 Å². The van der Waals surface area contributed by atoms with Crippen LogP contribution in [0.5, 0.6) is 0 Å². The van der Waals surface area contributed by atoms with E-state index in [9.17, 15) is 4.79 Å². The van der Waals surface area contributed by atoms with E-state index in [1.807, 2.05) is 4.90 Å². The maximum atomic E-state index is 12.1. The Kier molecular flexibility index (Phi) is 7.00. The molecule has 1 aromatic rings. The molecule has 1 aromatic carbocycles. The number of nitrogens with zero attached hydrogens (tertiary/aromatic N) is 2. The zero-order valence-corrected chi connectivity index (χ0v) is 13.2. The summed E-state index contributed by atoms with van der Waals surface area (Å²) in [4.78, 5) is 14.0. The van der Waals surface area contributed by atoms with Gasteiger partial charge in [-0.3, -0.25) is 9.69 Å². The normalized spacial score (nSPS) is 10.7. The highest BCUT2D eigenvalue weighted by Crippen LogP contribution is 2.23. The van der Waals surface area contributed by atoms with Crippen LogP contribution in [0.2, 0.25) is 5.02 Å². The van der Waals surface area contributed by atoms with Gasteiger partial charge in [0.1, 0.15) is 0 Å². The van der Waals surface area contributed by atoms with Crippen LogP contribution in [0.15, 0.2) is 18.2 Å². The van der Waals surface area contributed by atoms with Gasteiger partial charge in [-0.25, -0.2) is 0 Å². The van der Waals surface area contributed by atoms with Crippen LogP contribution in [0.1, 0.15) is 20.3 Å². The van der Waals surface area contributed by atoms with E-state index in [2.05, 4.69) is 25.2 Å². The van der Waals surface area contributed by atoms with E-state index in [0.717, 1.165) is 6.54 Å². The first-order chi connectivity index (χ1) is 9.92. The van der Waals surface area contributed by atoms with E-state index >= 15 is 0 Å². The molecule has 6 heteroatoms. The van der Waals surface area contributed by atoms with Gasteiger partial charge in [-0.05, 0) is 24.1 Å². The minimum atomic E-state index is -0.153. The number of hydrogen-bond acceptors (Lipinski definition) is 4. The maximum absolute atomic E-state index is 12.1. The summed E-state index contributed by atoms with van der Waals surface area (Å²) in [5.41, 5.74) is 6.70. The van der Waals surface area contributed by atoms with E-state index in [0.29, 0.717) is 35.3 Å². The summed E-state index contributed by atoms with van der Waals surface area (Å²) >= 11 is 6.03. The summed E-state index contributed by atoms with van der Waals surface area (Å²) in [5.74, 6) is 0.275.